The molecule has 0 unspecified atom stereocenters. The smallest absolute Gasteiger partial charge is 0.251 e. The van der Waals surface area contributed by atoms with Gasteiger partial charge in [0.05, 0.1) is 7.11 Å². The maximum absolute atomic E-state index is 12.1. The number of amides is 1. The highest BCUT2D eigenvalue weighted by Crippen LogP contribution is 2.16. The fraction of sp³-hybridized carbons (Fsp3) is 0.533. The van der Waals surface area contributed by atoms with Gasteiger partial charge in [-0.2, -0.15) is 0 Å². The molecule has 1 aliphatic rings. The molecule has 1 aromatic carbocycles. The predicted octanol–water partition coefficient (Wildman–Crippen LogP) is 1.91. The van der Waals surface area contributed by atoms with E-state index in [-0.39, 0.29) is 5.91 Å². The second-order valence-electron chi connectivity index (χ2n) is 4.87. The van der Waals surface area contributed by atoms with Crippen LogP contribution in [0.25, 0.3) is 0 Å². The van der Waals surface area contributed by atoms with Gasteiger partial charge < -0.3 is 10.1 Å². The Labute approximate surface area is 114 Å². The highest BCUT2D eigenvalue weighted by molar-refractivity contribution is 5.94. The molecule has 1 aliphatic heterocycles. The Kier molecular flexibility index (Phi) is 4.80. The zero-order valence-electron chi connectivity index (χ0n) is 11.7. The number of methoxy groups -OCH3 is 1. The molecule has 0 radical (unpaired) electrons. The molecular weight excluding hydrogens is 240 g/mol. The van der Waals surface area contributed by atoms with Crippen LogP contribution in [-0.2, 0) is 0 Å². The first kappa shape index (κ1) is 13.9. The lowest BCUT2D eigenvalue weighted by molar-refractivity contribution is 0.0941. The normalized spacial score (nSPS) is 19.4. The van der Waals surface area contributed by atoms with Crippen molar-refractivity contribution in [2.75, 3.05) is 26.7 Å². The first-order chi connectivity index (χ1) is 9.24. The first-order valence-corrected chi connectivity index (χ1v) is 6.91. The third-order valence-electron chi connectivity index (χ3n) is 3.74. The minimum atomic E-state index is -0.0261. The van der Waals surface area contributed by atoms with Crippen molar-refractivity contribution in [1.82, 2.24) is 10.2 Å². The second-order valence-corrected chi connectivity index (χ2v) is 4.87. The number of rotatable bonds is 5. The number of hydrogen-bond donors (Lipinski definition) is 1. The van der Waals surface area contributed by atoms with Crippen LogP contribution in [-0.4, -0.2) is 43.6 Å². The summed E-state index contributed by atoms with van der Waals surface area (Å²) < 4.78 is 5.13. The molecule has 0 saturated carbocycles. The third kappa shape index (κ3) is 3.47. The molecule has 1 fully saturated rings. The van der Waals surface area contributed by atoms with E-state index in [4.69, 9.17) is 4.74 Å². The number of likely N-dealkylation sites (N-methyl/N-ethyl adjacent to an activating group) is 1. The molecule has 0 aliphatic carbocycles. The van der Waals surface area contributed by atoms with E-state index in [9.17, 15) is 4.79 Å². The Bertz CT molecular complexity index is 434. The Hall–Kier alpha value is -1.55. The van der Waals surface area contributed by atoms with Crippen molar-refractivity contribution in [2.24, 2.45) is 0 Å². The van der Waals surface area contributed by atoms with Crippen LogP contribution in [0.5, 0.6) is 5.75 Å². The van der Waals surface area contributed by atoms with Crippen LogP contribution < -0.4 is 10.1 Å². The number of carbonyl (C=O) groups is 1. The van der Waals surface area contributed by atoms with E-state index in [1.165, 1.54) is 12.8 Å². The Morgan fingerprint density at radius 1 is 1.53 bits per heavy atom. The van der Waals surface area contributed by atoms with Gasteiger partial charge in [0.2, 0.25) is 0 Å². The van der Waals surface area contributed by atoms with Crippen molar-refractivity contribution in [2.45, 2.75) is 25.8 Å². The summed E-state index contributed by atoms with van der Waals surface area (Å²) in [4.78, 5) is 14.5. The lowest BCUT2D eigenvalue weighted by Crippen LogP contribution is -2.40. The Morgan fingerprint density at radius 3 is 3.11 bits per heavy atom. The summed E-state index contributed by atoms with van der Waals surface area (Å²) in [5, 5.41) is 3.02. The zero-order chi connectivity index (χ0) is 13.7. The fourth-order valence-electron chi connectivity index (χ4n) is 2.62. The molecule has 2 rings (SSSR count). The van der Waals surface area contributed by atoms with Gasteiger partial charge in [-0.1, -0.05) is 13.0 Å². The van der Waals surface area contributed by atoms with Crippen LogP contribution in [0.15, 0.2) is 24.3 Å². The molecule has 1 amide bonds. The molecule has 1 atom stereocenters. The van der Waals surface area contributed by atoms with Gasteiger partial charge in [-0.05, 0) is 44.1 Å². The first-order valence-electron chi connectivity index (χ1n) is 6.91. The number of ether oxygens (including phenoxy) is 1. The zero-order valence-corrected chi connectivity index (χ0v) is 11.7. The Balaban J connectivity index is 1.90. The molecule has 4 nitrogen and oxygen atoms in total. The van der Waals surface area contributed by atoms with Gasteiger partial charge in [-0.15, -0.1) is 0 Å². The molecule has 1 aromatic rings. The van der Waals surface area contributed by atoms with Crippen LogP contribution in [0.4, 0.5) is 0 Å². The lowest BCUT2D eigenvalue weighted by atomic mass is 10.2. The number of carbonyl (C=O) groups excluding carboxylic acids is 1. The molecule has 0 aromatic heterocycles. The summed E-state index contributed by atoms with van der Waals surface area (Å²) in [6.45, 7) is 5.10. The van der Waals surface area contributed by atoms with E-state index >= 15 is 0 Å². The largest absolute Gasteiger partial charge is 0.497 e. The quantitative estimate of drug-likeness (QED) is 0.881. The van der Waals surface area contributed by atoms with Crippen molar-refractivity contribution >= 4 is 5.91 Å². The van der Waals surface area contributed by atoms with Crippen molar-refractivity contribution in [3.8, 4) is 5.75 Å². The topological polar surface area (TPSA) is 41.6 Å². The van der Waals surface area contributed by atoms with E-state index in [0.717, 1.165) is 19.6 Å². The molecule has 1 heterocycles. The van der Waals surface area contributed by atoms with Crippen molar-refractivity contribution in [3.05, 3.63) is 29.8 Å². The summed E-state index contributed by atoms with van der Waals surface area (Å²) in [6, 6.07) is 7.74. The van der Waals surface area contributed by atoms with Crippen LogP contribution in [0, 0.1) is 0 Å². The average molecular weight is 262 g/mol. The summed E-state index contributed by atoms with van der Waals surface area (Å²) in [7, 11) is 1.61. The van der Waals surface area contributed by atoms with Gasteiger partial charge in [-0.25, -0.2) is 0 Å². The van der Waals surface area contributed by atoms with E-state index in [1.54, 1.807) is 13.2 Å². The number of hydrogen-bond acceptors (Lipinski definition) is 3. The molecular formula is C15H22N2O2. The molecule has 1 saturated heterocycles. The van der Waals surface area contributed by atoms with Crippen molar-refractivity contribution in [3.63, 3.8) is 0 Å². The van der Waals surface area contributed by atoms with E-state index in [1.807, 2.05) is 18.2 Å². The minimum absolute atomic E-state index is 0.0261. The summed E-state index contributed by atoms with van der Waals surface area (Å²) >= 11 is 0. The summed E-state index contributed by atoms with van der Waals surface area (Å²) in [5.41, 5.74) is 0.653. The van der Waals surface area contributed by atoms with E-state index < -0.39 is 0 Å². The van der Waals surface area contributed by atoms with Gasteiger partial charge in [0.1, 0.15) is 5.75 Å². The molecule has 104 valence electrons. The summed E-state index contributed by atoms with van der Waals surface area (Å²) in [6.07, 6.45) is 2.40. The maximum Gasteiger partial charge on any atom is 0.251 e. The van der Waals surface area contributed by atoms with Gasteiger partial charge in [0, 0.05) is 18.2 Å². The second kappa shape index (κ2) is 6.57. The van der Waals surface area contributed by atoms with Gasteiger partial charge in [0.15, 0.2) is 0 Å². The molecule has 0 bridgehead atoms. The lowest BCUT2D eigenvalue weighted by Gasteiger charge is -2.22. The molecule has 1 N–H and O–H groups in total. The van der Waals surface area contributed by atoms with Crippen molar-refractivity contribution in [1.29, 1.82) is 0 Å². The number of benzene rings is 1. The number of likely N-dealkylation sites (tertiary alicyclic amines) is 1. The highest BCUT2D eigenvalue weighted by atomic mass is 16.5. The van der Waals surface area contributed by atoms with Gasteiger partial charge in [-0.3, -0.25) is 9.69 Å². The molecule has 4 heteroatoms. The Morgan fingerprint density at radius 2 is 2.37 bits per heavy atom. The van der Waals surface area contributed by atoms with Crippen molar-refractivity contribution < 1.29 is 9.53 Å². The monoisotopic (exact) mass is 262 g/mol. The van der Waals surface area contributed by atoms with Gasteiger partial charge >= 0.3 is 0 Å². The number of nitrogens with one attached hydrogen (secondary N) is 1. The maximum atomic E-state index is 12.1. The minimum Gasteiger partial charge on any atom is -0.497 e. The van der Waals surface area contributed by atoms with Crippen LogP contribution in [0.2, 0.25) is 0 Å². The average Bonchev–Trinajstić information content (AvgIpc) is 2.92. The van der Waals surface area contributed by atoms with Crippen LogP contribution in [0.1, 0.15) is 30.1 Å². The fourth-order valence-corrected chi connectivity index (χ4v) is 2.62. The van der Waals surface area contributed by atoms with E-state index in [2.05, 4.69) is 17.1 Å². The highest BCUT2D eigenvalue weighted by Gasteiger charge is 2.23. The summed E-state index contributed by atoms with van der Waals surface area (Å²) in [5.74, 6) is 0.686. The number of nitrogens with zero attached hydrogens (tertiary/aromatic N) is 1. The molecule has 19 heavy (non-hydrogen) atoms. The van der Waals surface area contributed by atoms with Crippen LogP contribution >= 0.6 is 0 Å². The standard InChI is InChI=1S/C15H22N2O2/c1-3-17-9-5-7-13(17)11-16-15(18)12-6-4-8-14(10-12)19-2/h4,6,8,10,13H,3,5,7,9,11H2,1-2H3,(H,16,18)/t13-/m0/s1. The van der Waals surface area contributed by atoms with Gasteiger partial charge in [0.25, 0.3) is 5.91 Å². The third-order valence-corrected chi connectivity index (χ3v) is 3.74. The SMILES string of the molecule is CCN1CCC[C@H]1CNC(=O)c1cccc(OC)c1. The molecule has 0 spiro atoms. The predicted molar refractivity (Wildman–Crippen MR) is 75.6 cm³/mol. The van der Waals surface area contributed by atoms with E-state index in [0.29, 0.717) is 17.4 Å². The van der Waals surface area contributed by atoms with Crippen LogP contribution in [0.3, 0.4) is 0 Å².